The van der Waals surface area contributed by atoms with Gasteiger partial charge >= 0.3 is 5.97 Å². The molecule has 17 heavy (non-hydrogen) atoms. The normalized spacial score (nSPS) is 10.0. The van der Waals surface area contributed by atoms with Crippen molar-refractivity contribution in [3.63, 3.8) is 0 Å². The first-order valence-corrected chi connectivity index (χ1v) is 5.41. The molecule has 0 bridgehead atoms. The van der Waals surface area contributed by atoms with Gasteiger partial charge in [0.25, 0.3) is 0 Å². The zero-order chi connectivity index (χ0) is 12.8. The van der Waals surface area contributed by atoms with E-state index in [-0.39, 0.29) is 5.56 Å². The molecule has 3 nitrogen and oxygen atoms in total. The van der Waals surface area contributed by atoms with Crippen LogP contribution in [0.5, 0.6) is 0 Å². The van der Waals surface area contributed by atoms with Crippen LogP contribution in [0.2, 0.25) is 0 Å². The van der Waals surface area contributed by atoms with Crippen LogP contribution in [0.4, 0.5) is 10.1 Å². The van der Waals surface area contributed by atoms with Gasteiger partial charge < -0.3 is 10.0 Å². The molecule has 0 radical (unpaired) electrons. The van der Waals surface area contributed by atoms with E-state index in [0.29, 0.717) is 12.2 Å². The Morgan fingerprint density at radius 1 is 1.59 bits per heavy atom. The van der Waals surface area contributed by atoms with Crippen LogP contribution in [0.15, 0.2) is 30.9 Å². The van der Waals surface area contributed by atoms with E-state index in [4.69, 9.17) is 5.11 Å². The molecule has 0 spiro atoms. The average Bonchev–Trinajstić information content (AvgIpc) is 2.28. The largest absolute Gasteiger partial charge is 0.478 e. The second-order valence-corrected chi connectivity index (χ2v) is 3.79. The fraction of sp³-hybridized carbons (Fsp3) is 0.308. The van der Waals surface area contributed by atoms with Gasteiger partial charge in [0.1, 0.15) is 11.4 Å². The molecule has 0 aromatic heterocycles. The van der Waals surface area contributed by atoms with Gasteiger partial charge in [0.2, 0.25) is 0 Å². The van der Waals surface area contributed by atoms with Crippen molar-refractivity contribution in [2.45, 2.75) is 12.8 Å². The third-order valence-electron chi connectivity index (χ3n) is 2.52. The Morgan fingerprint density at radius 2 is 2.29 bits per heavy atom. The molecule has 4 heteroatoms. The number of benzene rings is 1. The number of carboxylic acid groups (broad SMARTS) is 1. The number of anilines is 1. The molecule has 0 heterocycles. The van der Waals surface area contributed by atoms with Gasteiger partial charge in [0, 0.05) is 13.6 Å². The lowest BCUT2D eigenvalue weighted by Gasteiger charge is -2.21. The topological polar surface area (TPSA) is 40.5 Å². The molecule has 0 saturated heterocycles. The minimum atomic E-state index is -1.24. The van der Waals surface area contributed by atoms with E-state index < -0.39 is 11.8 Å². The minimum absolute atomic E-state index is 0.270. The van der Waals surface area contributed by atoms with Crippen LogP contribution >= 0.6 is 0 Å². The highest BCUT2D eigenvalue weighted by molar-refractivity contribution is 5.94. The highest BCUT2D eigenvalue weighted by Gasteiger charge is 2.17. The minimum Gasteiger partial charge on any atom is -0.478 e. The Balaban J connectivity index is 2.92. The van der Waals surface area contributed by atoms with Gasteiger partial charge in [-0.15, -0.1) is 6.58 Å². The number of carbonyl (C=O) groups is 1. The summed E-state index contributed by atoms with van der Waals surface area (Å²) in [6.45, 7) is 4.28. The lowest BCUT2D eigenvalue weighted by atomic mass is 10.1. The van der Waals surface area contributed by atoms with Gasteiger partial charge in [-0.25, -0.2) is 9.18 Å². The summed E-state index contributed by atoms with van der Waals surface area (Å²) in [5.74, 6) is -1.95. The summed E-state index contributed by atoms with van der Waals surface area (Å²) >= 11 is 0. The summed E-state index contributed by atoms with van der Waals surface area (Å²) in [7, 11) is 1.75. The van der Waals surface area contributed by atoms with Crippen LogP contribution < -0.4 is 4.90 Å². The predicted octanol–water partition coefficient (Wildman–Crippen LogP) is 2.93. The lowest BCUT2D eigenvalue weighted by Crippen LogP contribution is -2.21. The van der Waals surface area contributed by atoms with E-state index in [0.717, 1.165) is 18.9 Å². The number of nitrogens with zero attached hydrogens (tertiary/aromatic N) is 1. The molecule has 0 atom stereocenters. The molecule has 0 amide bonds. The van der Waals surface area contributed by atoms with Crippen molar-refractivity contribution in [3.8, 4) is 0 Å². The molecule has 1 N–H and O–H groups in total. The molecule has 0 aliphatic heterocycles. The van der Waals surface area contributed by atoms with Gasteiger partial charge in [0.05, 0.1) is 5.69 Å². The summed E-state index contributed by atoms with van der Waals surface area (Å²) in [5, 5.41) is 8.98. The van der Waals surface area contributed by atoms with E-state index in [1.807, 2.05) is 0 Å². The molecule has 0 saturated carbocycles. The first-order valence-electron chi connectivity index (χ1n) is 5.41. The fourth-order valence-electron chi connectivity index (χ4n) is 1.64. The molecular weight excluding hydrogens is 221 g/mol. The number of unbranched alkanes of at least 4 members (excludes halogenated alkanes) is 1. The van der Waals surface area contributed by atoms with Gasteiger partial charge in [-0.3, -0.25) is 0 Å². The Hall–Kier alpha value is -1.84. The van der Waals surface area contributed by atoms with Crippen LogP contribution in [-0.4, -0.2) is 24.7 Å². The summed E-state index contributed by atoms with van der Waals surface area (Å²) < 4.78 is 13.4. The molecule has 0 unspecified atom stereocenters. The molecule has 0 aliphatic carbocycles. The number of hydrogen-bond acceptors (Lipinski definition) is 2. The SMILES string of the molecule is C=CCCCN(C)c1cccc(F)c1C(=O)O. The first kappa shape index (κ1) is 13.2. The van der Waals surface area contributed by atoms with Crippen LogP contribution in [-0.2, 0) is 0 Å². The van der Waals surface area contributed by atoms with Crippen LogP contribution in [0, 0.1) is 5.82 Å². The average molecular weight is 237 g/mol. The van der Waals surface area contributed by atoms with Crippen molar-refractivity contribution in [3.05, 3.63) is 42.2 Å². The monoisotopic (exact) mass is 237 g/mol. The van der Waals surface area contributed by atoms with Crippen LogP contribution in [0.3, 0.4) is 0 Å². The van der Waals surface area contributed by atoms with Crippen molar-refractivity contribution in [2.24, 2.45) is 0 Å². The van der Waals surface area contributed by atoms with E-state index in [1.54, 1.807) is 24.1 Å². The molecular formula is C13H16FNO2. The maximum absolute atomic E-state index is 13.4. The Bertz CT molecular complexity index is 418. The van der Waals surface area contributed by atoms with Crippen molar-refractivity contribution in [1.82, 2.24) is 0 Å². The van der Waals surface area contributed by atoms with E-state index in [9.17, 15) is 9.18 Å². The van der Waals surface area contributed by atoms with Crippen molar-refractivity contribution in [1.29, 1.82) is 0 Å². The van der Waals surface area contributed by atoms with Gasteiger partial charge in [-0.2, -0.15) is 0 Å². The molecule has 0 fully saturated rings. The summed E-state index contributed by atoms with van der Waals surface area (Å²) in [6, 6.07) is 4.28. The first-order chi connectivity index (χ1) is 8.07. The second kappa shape index (κ2) is 6.03. The van der Waals surface area contributed by atoms with Gasteiger partial charge in [-0.1, -0.05) is 12.1 Å². The predicted molar refractivity (Wildman–Crippen MR) is 66.1 cm³/mol. The molecule has 1 aromatic rings. The number of carboxylic acids is 1. The number of aromatic carboxylic acids is 1. The van der Waals surface area contributed by atoms with E-state index in [1.165, 1.54) is 6.07 Å². The molecule has 1 aromatic carbocycles. The molecule has 0 aliphatic rings. The smallest absolute Gasteiger partial charge is 0.340 e. The van der Waals surface area contributed by atoms with Crippen molar-refractivity contribution < 1.29 is 14.3 Å². The van der Waals surface area contributed by atoms with E-state index >= 15 is 0 Å². The molecule has 92 valence electrons. The summed E-state index contributed by atoms with van der Waals surface area (Å²) in [6.07, 6.45) is 3.51. The molecule has 1 rings (SSSR count). The third kappa shape index (κ3) is 3.31. The maximum Gasteiger partial charge on any atom is 0.340 e. The maximum atomic E-state index is 13.4. The fourth-order valence-corrected chi connectivity index (χ4v) is 1.64. The second-order valence-electron chi connectivity index (χ2n) is 3.79. The van der Waals surface area contributed by atoms with Gasteiger partial charge in [0.15, 0.2) is 0 Å². The Labute approximate surface area is 100 Å². The van der Waals surface area contributed by atoms with Crippen molar-refractivity contribution >= 4 is 11.7 Å². The number of allylic oxidation sites excluding steroid dienone is 1. The number of hydrogen-bond donors (Lipinski definition) is 1. The quantitative estimate of drug-likeness (QED) is 0.611. The lowest BCUT2D eigenvalue weighted by molar-refractivity contribution is 0.0692. The Morgan fingerprint density at radius 3 is 2.88 bits per heavy atom. The Kier molecular flexibility index (Phi) is 4.69. The standard InChI is InChI=1S/C13H16FNO2/c1-3-4-5-9-15(2)11-8-6-7-10(14)12(11)13(16)17/h3,6-8H,1,4-5,9H2,2H3,(H,16,17). The van der Waals surface area contributed by atoms with E-state index in [2.05, 4.69) is 6.58 Å². The number of rotatable bonds is 6. The van der Waals surface area contributed by atoms with Crippen LogP contribution in [0.25, 0.3) is 0 Å². The summed E-state index contributed by atoms with van der Waals surface area (Å²) in [5.41, 5.74) is 0.134. The van der Waals surface area contributed by atoms with Gasteiger partial charge in [-0.05, 0) is 25.0 Å². The number of halogens is 1. The zero-order valence-corrected chi connectivity index (χ0v) is 9.82. The van der Waals surface area contributed by atoms with Crippen LogP contribution in [0.1, 0.15) is 23.2 Å². The third-order valence-corrected chi connectivity index (χ3v) is 2.52. The highest BCUT2D eigenvalue weighted by Crippen LogP contribution is 2.22. The van der Waals surface area contributed by atoms with Crippen molar-refractivity contribution in [2.75, 3.05) is 18.5 Å². The zero-order valence-electron chi connectivity index (χ0n) is 9.82. The highest BCUT2D eigenvalue weighted by atomic mass is 19.1. The summed E-state index contributed by atoms with van der Waals surface area (Å²) in [4.78, 5) is 12.7.